The zero-order valence-electron chi connectivity index (χ0n) is 7.26. The van der Waals surface area contributed by atoms with E-state index in [9.17, 15) is 18.0 Å². The lowest BCUT2D eigenvalue weighted by Crippen LogP contribution is -2.28. The first-order valence-electron chi connectivity index (χ1n) is 3.71. The molecule has 1 aromatic rings. The number of halogens is 3. The van der Waals surface area contributed by atoms with E-state index in [1.807, 2.05) is 0 Å². The van der Waals surface area contributed by atoms with Crippen molar-refractivity contribution in [3.05, 3.63) is 35.6 Å². The van der Waals surface area contributed by atoms with E-state index < -0.39 is 23.3 Å². The molecule has 0 N–H and O–H groups in total. The summed E-state index contributed by atoms with van der Waals surface area (Å²) in [5, 5.41) is 0. The Morgan fingerprint density at radius 2 is 1.93 bits per heavy atom. The van der Waals surface area contributed by atoms with Crippen LogP contribution in [-0.2, 0) is 15.5 Å². The van der Waals surface area contributed by atoms with Crippen LogP contribution in [0.2, 0.25) is 0 Å². The third-order valence-corrected chi connectivity index (χ3v) is 1.65. The molecule has 0 heterocycles. The fourth-order valence-corrected chi connectivity index (χ4v) is 0.954. The highest BCUT2D eigenvalue weighted by molar-refractivity contribution is 5.79. The van der Waals surface area contributed by atoms with Crippen molar-refractivity contribution in [1.29, 1.82) is 0 Å². The van der Waals surface area contributed by atoms with E-state index in [1.165, 1.54) is 12.1 Å². The molecule has 0 spiro atoms. The Hall–Kier alpha value is -1.52. The topological polar surface area (TPSA) is 26.3 Å². The van der Waals surface area contributed by atoms with E-state index in [2.05, 4.69) is 4.74 Å². The number of hydrogen-bond donors (Lipinski definition) is 0. The lowest BCUT2D eigenvalue weighted by molar-refractivity contribution is -0.170. The van der Waals surface area contributed by atoms with Gasteiger partial charge in [-0.1, -0.05) is 12.1 Å². The normalized spacial score (nSPS) is 11.1. The lowest BCUT2D eigenvalue weighted by Gasteiger charge is -2.13. The first kappa shape index (κ1) is 10.6. The number of methoxy groups -OCH3 is 1. The second-order valence-corrected chi connectivity index (χ2v) is 2.55. The molecular weight excluding hydrogens is 197 g/mol. The summed E-state index contributed by atoms with van der Waals surface area (Å²) >= 11 is 0. The molecule has 0 aromatic heterocycles. The van der Waals surface area contributed by atoms with Crippen LogP contribution >= 0.6 is 0 Å². The molecule has 0 fully saturated rings. The van der Waals surface area contributed by atoms with Gasteiger partial charge in [0, 0.05) is 0 Å². The highest BCUT2D eigenvalue weighted by atomic mass is 19.3. The van der Waals surface area contributed by atoms with E-state index in [0.29, 0.717) is 0 Å². The summed E-state index contributed by atoms with van der Waals surface area (Å²) in [6.45, 7) is 0. The molecule has 0 aliphatic heterocycles. The molecule has 0 bridgehead atoms. The Kier molecular flexibility index (Phi) is 2.78. The number of benzene rings is 1. The molecular formula is C9H7F3O2. The number of esters is 1. The van der Waals surface area contributed by atoms with Crippen LogP contribution in [0.25, 0.3) is 0 Å². The molecule has 1 aromatic carbocycles. The maximum absolute atomic E-state index is 13.1. The van der Waals surface area contributed by atoms with Gasteiger partial charge in [-0.2, -0.15) is 8.78 Å². The Morgan fingerprint density at radius 3 is 2.43 bits per heavy atom. The standard InChI is InChI=1S/C9H7F3O2/c1-14-8(13)9(11,12)6-4-2-3-5-7(6)10/h2-5H,1H3. The van der Waals surface area contributed by atoms with Gasteiger partial charge in [-0.3, -0.25) is 0 Å². The Labute approximate surface area is 78.3 Å². The highest BCUT2D eigenvalue weighted by Gasteiger charge is 2.44. The monoisotopic (exact) mass is 204 g/mol. The van der Waals surface area contributed by atoms with Crippen molar-refractivity contribution in [1.82, 2.24) is 0 Å². The van der Waals surface area contributed by atoms with E-state index in [0.717, 1.165) is 19.2 Å². The van der Waals surface area contributed by atoms with Gasteiger partial charge in [-0.05, 0) is 12.1 Å². The number of rotatable bonds is 2. The summed E-state index contributed by atoms with van der Waals surface area (Å²) < 4.78 is 43.0. The molecule has 0 atom stereocenters. The molecule has 0 aliphatic carbocycles. The van der Waals surface area contributed by atoms with Gasteiger partial charge < -0.3 is 4.74 Å². The number of carbonyl (C=O) groups excluding carboxylic acids is 1. The van der Waals surface area contributed by atoms with Gasteiger partial charge in [-0.15, -0.1) is 0 Å². The van der Waals surface area contributed by atoms with Crippen molar-refractivity contribution in [2.24, 2.45) is 0 Å². The van der Waals surface area contributed by atoms with Gasteiger partial charge in [0.15, 0.2) is 0 Å². The summed E-state index contributed by atoms with van der Waals surface area (Å²) in [6, 6.07) is 4.17. The largest absolute Gasteiger partial charge is 0.464 e. The molecule has 5 heteroatoms. The molecule has 0 amide bonds. The van der Waals surface area contributed by atoms with Gasteiger partial charge in [0.05, 0.1) is 12.7 Å². The second kappa shape index (κ2) is 3.69. The average molecular weight is 204 g/mol. The van der Waals surface area contributed by atoms with Crippen molar-refractivity contribution >= 4 is 5.97 Å². The maximum atomic E-state index is 13.1. The summed E-state index contributed by atoms with van der Waals surface area (Å²) in [6.07, 6.45) is 0. The van der Waals surface area contributed by atoms with Crippen LogP contribution in [-0.4, -0.2) is 13.1 Å². The number of alkyl halides is 2. The average Bonchev–Trinajstić information content (AvgIpc) is 2.17. The van der Waals surface area contributed by atoms with E-state index in [1.54, 1.807) is 0 Å². The van der Waals surface area contributed by atoms with Gasteiger partial charge in [0.25, 0.3) is 0 Å². The predicted molar refractivity (Wildman–Crippen MR) is 42.3 cm³/mol. The van der Waals surface area contributed by atoms with E-state index in [-0.39, 0.29) is 0 Å². The van der Waals surface area contributed by atoms with Gasteiger partial charge in [-0.25, -0.2) is 9.18 Å². The molecule has 1 rings (SSSR count). The molecule has 76 valence electrons. The molecule has 2 nitrogen and oxygen atoms in total. The Morgan fingerprint density at radius 1 is 1.36 bits per heavy atom. The van der Waals surface area contributed by atoms with Gasteiger partial charge >= 0.3 is 11.9 Å². The van der Waals surface area contributed by atoms with Crippen LogP contribution < -0.4 is 0 Å². The molecule has 0 saturated carbocycles. The predicted octanol–water partition coefficient (Wildman–Crippen LogP) is 2.09. The first-order chi connectivity index (χ1) is 6.50. The summed E-state index contributed by atoms with van der Waals surface area (Å²) in [4.78, 5) is 10.6. The van der Waals surface area contributed by atoms with Gasteiger partial charge in [0.1, 0.15) is 5.82 Å². The van der Waals surface area contributed by atoms with Crippen molar-refractivity contribution in [3.63, 3.8) is 0 Å². The molecule has 14 heavy (non-hydrogen) atoms. The minimum Gasteiger partial charge on any atom is -0.464 e. The first-order valence-corrected chi connectivity index (χ1v) is 3.71. The fourth-order valence-electron chi connectivity index (χ4n) is 0.954. The quantitative estimate of drug-likeness (QED) is 0.689. The molecule has 0 saturated heterocycles. The third-order valence-electron chi connectivity index (χ3n) is 1.65. The highest BCUT2D eigenvalue weighted by Crippen LogP contribution is 2.30. The summed E-state index contributed by atoms with van der Waals surface area (Å²) in [5.41, 5.74) is -0.980. The zero-order valence-corrected chi connectivity index (χ0v) is 7.26. The fraction of sp³-hybridized carbons (Fsp3) is 0.222. The Balaban J connectivity index is 3.16. The van der Waals surface area contributed by atoms with E-state index >= 15 is 0 Å². The number of ether oxygens (including phenoxy) is 1. The second-order valence-electron chi connectivity index (χ2n) is 2.55. The van der Waals surface area contributed by atoms with Crippen LogP contribution in [0.4, 0.5) is 13.2 Å². The summed E-state index contributed by atoms with van der Waals surface area (Å²) in [5.74, 6) is -6.86. The maximum Gasteiger partial charge on any atom is 0.381 e. The molecule has 0 aliphatic rings. The zero-order chi connectivity index (χ0) is 10.8. The lowest BCUT2D eigenvalue weighted by atomic mass is 10.1. The van der Waals surface area contributed by atoms with Crippen LogP contribution in [0, 0.1) is 5.82 Å². The number of hydrogen-bond acceptors (Lipinski definition) is 2. The van der Waals surface area contributed by atoms with E-state index in [4.69, 9.17) is 0 Å². The molecule has 0 radical (unpaired) electrons. The summed E-state index contributed by atoms with van der Waals surface area (Å²) in [7, 11) is 0.817. The van der Waals surface area contributed by atoms with Crippen molar-refractivity contribution in [3.8, 4) is 0 Å². The number of carbonyl (C=O) groups is 1. The van der Waals surface area contributed by atoms with Crippen LogP contribution in [0.5, 0.6) is 0 Å². The van der Waals surface area contributed by atoms with Crippen molar-refractivity contribution in [2.75, 3.05) is 7.11 Å². The SMILES string of the molecule is COC(=O)C(F)(F)c1ccccc1F. The van der Waals surface area contributed by atoms with Crippen LogP contribution in [0.3, 0.4) is 0 Å². The smallest absolute Gasteiger partial charge is 0.381 e. The third kappa shape index (κ3) is 1.71. The minimum atomic E-state index is -3.94. The minimum absolute atomic E-state index is 0.817. The Bertz CT molecular complexity index is 350. The van der Waals surface area contributed by atoms with Crippen molar-refractivity contribution < 1.29 is 22.7 Å². The molecule has 0 unspecified atom stereocenters. The van der Waals surface area contributed by atoms with Crippen molar-refractivity contribution in [2.45, 2.75) is 5.92 Å². The van der Waals surface area contributed by atoms with Crippen LogP contribution in [0.1, 0.15) is 5.56 Å². The van der Waals surface area contributed by atoms with Gasteiger partial charge in [0.2, 0.25) is 0 Å². The van der Waals surface area contributed by atoms with Crippen LogP contribution in [0.15, 0.2) is 24.3 Å².